The van der Waals surface area contributed by atoms with Crippen LogP contribution in [0.1, 0.15) is 89.0 Å². The molecule has 0 heterocycles. The molecule has 0 saturated carbocycles. The second kappa shape index (κ2) is 9.24. The van der Waals surface area contributed by atoms with Gasteiger partial charge in [0.05, 0.1) is 0 Å². The van der Waals surface area contributed by atoms with Crippen LogP contribution in [0.4, 0.5) is 0 Å². The second-order valence-corrected chi connectivity index (χ2v) is 11.1. The molecular weight excluding hydrogens is 300 g/mol. The molecule has 0 fully saturated rings. The SMILES string of the molecule is C=C/C=C(\C=C\C(C)(C)C(C)(C)CC(C)(C)C)C(CC(C)C)C(C)C. The first-order valence-electron chi connectivity index (χ1n) is 10.1. The number of hydrogen-bond acceptors (Lipinski definition) is 0. The lowest BCUT2D eigenvalue weighted by molar-refractivity contribution is 0.0976. The summed E-state index contributed by atoms with van der Waals surface area (Å²) in [6.07, 6.45) is 11.4. The van der Waals surface area contributed by atoms with Crippen molar-refractivity contribution in [3.05, 3.63) is 36.5 Å². The zero-order chi connectivity index (χ0) is 20.1. The van der Waals surface area contributed by atoms with Crippen molar-refractivity contribution in [2.75, 3.05) is 0 Å². The van der Waals surface area contributed by atoms with Crippen LogP contribution in [0.5, 0.6) is 0 Å². The van der Waals surface area contributed by atoms with E-state index in [1.807, 2.05) is 6.08 Å². The third-order valence-corrected chi connectivity index (χ3v) is 5.68. The topological polar surface area (TPSA) is 0 Å². The van der Waals surface area contributed by atoms with Gasteiger partial charge in [-0.25, -0.2) is 0 Å². The smallest absolute Gasteiger partial charge is 0.0120 e. The van der Waals surface area contributed by atoms with Crippen LogP contribution < -0.4 is 0 Å². The monoisotopic (exact) mass is 346 g/mol. The van der Waals surface area contributed by atoms with Gasteiger partial charge in [-0.2, -0.15) is 0 Å². The molecule has 0 aromatic rings. The van der Waals surface area contributed by atoms with E-state index in [0.717, 1.165) is 0 Å². The Morgan fingerprint density at radius 3 is 1.80 bits per heavy atom. The van der Waals surface area contributed by atoms with Crippen LogP contribution in [0.2, 0.25) is 0 Å². The molecule has 0 amide bonds. The summed E-state index contributed by atoms with van der Waals surface area (Å²) in [7, 11) is 0. The largest absolute Gasteiger partial charge is 0.0991 e. The van der Waals surface area contributed by atoms with Gasteiger partial charge in [-0.15, -0.1) is 0 Å². The maximum atomic E-state index is 3.95. The highest BCUT2D eigenvalue weighted by Gasteiger charge is 2.37. The van der Waals surface area contributed by atoms with Crippen LogP contribution in [0.3, 0.4) is 0 Å². The molecule has 1 unspecified atom stereocenters. The molecule has 0 nitrogen and oxygen atoms in total. The average molecular weight is 347 g/mol. The van der Waals surface area contributed by atoms with Gasteiger partial charge >= 0.3 is 0 Å². The van der Waals surface area contributed by atoms with E-state index in [9.17, 15) is 0 Å². The Bertz CT molecular complexity index is 461. The van der Waals surface area contributed by atoms with Crippen LogP contribution in [-0.2, 0) is 0 Å². The lowest BCUT2D eigenvalue weighted by Crippen LogP contribution is -2.34. The Labute approximate surface area is 159 Å². The van der Waals surface area contributed by atoms with E-state index in [-0.39, 0.29) is 10.8 Å². The summed E-state index contributed by atoms with van der Waals surface area (Å²) >= 11 is 0. The third kappa shape index (κ3) is 8.43. The van der Waals surface area contributed by atoms with Crippen LogP contribution >= 0.6 is 0 Å². The fraction of sp³-hybridized carbons (Fsp3) is 0.760. The van der Waals surface area contributed by atoms with Crippen molar-refractivity contribution >= 4 is 0 Å². The minimum Gasteiger partial charge on any atom is -0.0991 e. The summed E-state index contributed by atoms with van der Waals surface area (Å²) in [6, 6.07) is 0. The van der Waals surface area contributed by atoms with Gasteiger partial charge in [-0.05, 0) is 52.4 Å². The lowest BCUT2D eigenvalue weighted by Gasteiger charge is -2.44. The number of hydrogen-bond donors (Lipinski definition) is 0. The zero-order valence-corrected chi connectivity index (χ0v) is 19.2. The summed E-state index contributed by atoms with van der Waals surface area (Å²) in [6.45, 7) is 29.9. The minimum absolute atomic E-state index is 0.139. The number of rotatable bonds is 9. The maximum absolute atomic E-state index is 3.95. The van der Waals surface area contributed by atoms with Gasteiger partial charge in [0.15, 0.2) is 0 Å². The van der Waals surface area contributed by atoms with Crippen LogP contribution in [-0.4, -0.2) is 0 Å². The normalized spacial score (nSPS) is 16.1. The van der Waals surface area contributed by atoms with Crippen molar-refractivity contribution in [1.82, 2.24) is 0 Å². The first-order valence-corrected chi connectivity index (χ1v) is 10.1. The third-order valence-electron chi connectivity index (χ3n) is 5.68. The van der Waals surface area contributed by atoms with Gasteiger partial charge in [0.2, 0.25) is 0 Å². The zero-order valence-electron chi connectivity index (χ0n) is 19.2. The van der Waals surface area contributed by atoms with Gasteiger partial charge in [-0.1, -0.05) is 107 Å². The highest BCUT2D eigenvalue weighted by Crippen LogP contribution is 2.47. The molecule has 0 aliphatic heterocycles. The van der Waals surface area contributed by atoms with E-state index in [4.69, 9.17) is 0 Å². The molecular formula is C25H46. The molecule has 0 heteroatoms. The minimum atomic E-state index is 0.139. The Hall–Kier alpha value is -0.780. The van der Waals surface area contributed by atoms with Gasteiger partial charge in [0.1, 0.15) is 0 Å². The Kier molecular flexibility index (Phi) is 8.95. The molecule has 0 spiro atoms. The van der Waals surface area contributed by atoms with Crippen LogP contribution in [0.15, 0.2) is 36.5 Å². The number of allylic oxidation sites excluding steroid dienone is 5. The highest BCUT2D eigenvalue weighted by molar-refractivity contribution is 5.28. The van der Waals surface area contributed by atoms with Crippen LogP contribution in [0, 0.1) is 34.0 Å². The lowest BCUT2D eigenvalue weighted by atomic mass is 9.61. The average Bonchev–Trinajstić information content (AvgIpc) is 2.37. The van der Waals surface area contributed by atoms with Gasteiger partial charge < -0.3 is 0 Å². The molecule has 0 aromatic carbocycles. The van der Waals surface area contributed by atoms with Crippen LogP contribution in [0.25, 0.3) is 0 Å². The molecule has 25 heavy (non-hydrogen) atoms. The molecule has 0 N–H and O–H groups in total. The van der Waals surface area contributed by atoms with Crippen molar-refractivity contribution in [2.24, 2.45) is 34.0 Å². The molecule has 0 saturated heterocycles. The van der Waals surface area contributed by atoms with Crippen molar-refractivity contribution in [2.45, 2.75) is 89.0 Å². The molecule has 146 valence electrons. The van der Waals surface area contributed by atoms with E-state index in [1.165, 1.54) is 18.4 Å². The maximum Gasteiger partial charge on any atom is -0.0120 e. The fourth-order valence-electron chi connectivity index (χ4n) is 3.82. The first kappa shape index (κ1) is 24.2. The van der Waals surface area contributed by atoms with Crippen molar-refractivity contribution in [1.29, 1.82) is 0 Å². The predicted molar refractivity (Wildman–Crippen MR) is 117 cm³/mol. The Balaban J connectivity index is 5.62. The molecule has 0 bridgehead atoms. The quantitative estimate of drug-likeness (QED) is 0.367. The molecule has 0 aromatic heterocycles. The van der Waals surface area contributed by atoms with E-state index in [1.54, 1.807) is 0 Å². The summed E-state index contributed by atoms with van der Waals surface area (Å²) in [4.78, 5) is 0. The molecule has 0 radical (unpaired) electrons. The highest BCUT2D eigenvalue weighted by atomic mass is 14.4. The molecule has 0 aliphatic rings. The van der Waals surface area contributed by atoms with Crippen molar-refractivity contribution in [3.63, 3.8) is 0 Å². The molecule has 0 rings (SSSR count). The standard InChI is InChI=1S/C25H46/c1-13-14-21(22(20(4)5)17-19(2)3)15-16-24(9,10)25(11,12)18-23(6,7)8/h13-16,19-20,22H,1,17-18H2,2-12H3/b16-15+,21-14+. The molecule has 0 aliphatic carbocycles. The summed E-state index contributed by atoms with van der Waals surface area (Å²) in [5.74, 6) is 1.94. The van der Waals surface area contributed by atoms with Gasteiger partial charge in [0, 0.05) is 0 Å². The van der Waals surface area contributed by atoms with E-state index in [2.05, 4.69) is 101 Å². The van der Waals surface area contributed by atoms with E-state index in [0.29, 0.717) is 23.2 Å². The summed E-state index contributed by atoms with van der Waals surface area (Å²) in [5.41, 5.74) is 2.15. The van der Waals surface area contributed by atoms with E-state index >= 15 is 0 Å². The van der Waals surface area contributed by atoms with Crippen molar-refractivity contribution in [3.8, 4) is 0 Å². The molecule has 1 atom stereocenters. The predicted octanol–water partition coefficient (Wildman–Crippen LogP) is 8.46. The Morgan fingerprint density at radius 2 is 1.44 bits per heavy atom. The Morgan fingerprint density at radius 1 is 0.920 bits per heavy atom. The second-order valence-electron chi connectivity index (χ2n) is 11.1. The van der Waals surface area contributed by atoms with Gasteiger partial charge in [-0.3, -0.25) is 0 Å². The van der Waals surface area contributed by atoms with Crippen molar-refractivity contribution < 1.29 is 0 Å². The van der Waals surface area contributed by atoms with E-state index < -0.39 is 0 Å². The van der Waals surface area contributed by atoms with Gasteiger partial charge in [0.25, 0.3) is 0 Å². The summed E-state index contributed by atoms with van der Waals surface area (Å²) in [5, 5.41) is 0. The fourth-order valence-corrected chi connectivity index (χ4v) is 3.82. The summed E-state index contributed by atoms with van der Waals surface area (Å²) < 4.78 is 0. The first-order chi connectivity index (χ1) is 11.1.